The Bertz CT molecular complexity index is 602. The van der Waals surface area contributed by atoms with Gasteiger partial charge in [-0.2, -0.15) is 0 Å². The molecule has 2 aromatic rings. The van der Waals surface area contributed by atoms with Crippen LogP contribution in [0.4, 0.5) is 8.78 Å². The molecule has 19 heavy (non-hydrogen) atoms. The summed E-state index contributed by atoms with van der Waals surface area (Å²) in [5.41, 5.74) is 6.70. The lowest BCUT2D eigenvalue weighted by Crippen LogP contribution is -2.04. The van der Waals surface area contributed by atoms with Crippen molar-refractivity contribution in [1.82, 2.24) is 0 Å². The van der Waals surface area contributed by atoms with Gasteiger partial charge in [-0.3, -0.25) is 0 Å². The molecule has 0 aromatic heterocycles. The van der Waals surface area contributed by atoms with E-state index in [4.69, 9.17) is 17.3 Å². The Hall–Kier alpha value is -1.10. The molecule has 0 saturated heterocycles. The van der Waals surface area contributed by atoms with E-state index in [-0.39, 0.29) is 6.04 Å². The summed E-state index contributed by atoms with van der Waals surface area (Å²) in [6.07, 6.45) is 0. The van der Waals surface area contributed by atoms with E-state index in [9.17, 15) is 8.78 Å². The van der Waals surface area contributed by atoms with Gasteiger partial charge in [0.15, 0.2) is 11.6 Å². The fourth-order valence-corrected chi connectivity index (χ4v) is 2.70. The molecule has 2 N–H and O–H groups in total. The first kappa shape index (κ1) is 14.3. The lowest BCUT2D eigenvalue weighted by atomic mass is 10.1. The molecule has 0 heterocycles. The van der Waals surface area contributed by atoms with E-state index >= 15 is 0 Å². The molecule has 2 rings (SSSR count). The SMILES string of the molecule is C[C@@H](N)c1ccc(Sc2ccc(F)c(F)c2)c(Cl)c1. The molecule has 0 unspecified atom stereocenters. The maximum atomic E-state index is 13.1. The molecule has 0 spiro atoms. The van der Waals surface area contributed by atoms with Gasteiger partial charge in [0.1, 0.15) is 0 Å². The summed E-state index contributed by atoms with van der Waals surface area (Å²) >= 11 is 7.43. The van der Waals surface area contributed by atoms with Gasteiger partial charge in [-0.1, -0.05) is 29.4 Å². The average Bonchev–Trinajstić information content (AvgIpc) is 2.36. The first-order valence-electron chi connectivity index (χ1n) is 5.65. The highest BCUT2D eigenvalue weighted by Gasteiger charge is 2.08. The largest absolute Gasteiger partial charge is 0.324 e. The van der Waals surface area contributed by atoms with Crippen molar-refractivity contribution >= 4 is 23.4 Å². The van der Waals surface area contributed by atoms with Gasteiger partial charge in [-0.05, 0) is 42.8 Å². The van der Waals surface area contributed by atoms with Crippen molar-refractivity contribution in [2.45, 2.75) is 22.8 Å². The minimum atomic E-state index is -0.867. The van der Waals surface area contributed by atoms with E-state index in [1.807, 2.05) is 19.1 Å². The number of halogens is 3. The van der Waals surface area contributed by atoms with Gasteiger partial charge in [0.05, 0.1) is 5.02 Å². The first-order chi connectivity index (χ1) is 8.97. The fraction of sp³-hybridized carbons (Fsp3) is 0.143. The van der Waals surface area contributed by atoms with Crippen molar-refractivity contribution in [3.63, 3.8) is 0 Å². The highest BCUT2D eigenvalue weighted by Crippen LogP contribution is 2.35. The maximum Gasteiger partial charge on any atom is 0.159 e. The van der Waals surface area contributed by atoms with Gasteiger partial charge >= 0.3 is 0 Å². The Balaban J connectivity index is 2.25. The molecule has 100 valence electrons. The molecule has 2 aromatic carbocycles. The second-order valence-electron chi connectivity index (χ2n) is 4.16. The minimum Gasteiger partial charge on any atom is -0.324 e. The normalized spacial score (nSPS) is 12.5. The fourth-order valence-electron chi connectivity index (χ4n) is 1.55. The highest BCUT2D eigenvalue weighted by atomic mass is 35.5. The van der Waals surface area contributed by atoms with Crippen LogP contribution in [-0.4, -0.2) is 0 Å². The standard InChI is InChI=1S/C14H12ClF2NS/c1-8(18)9-2-5-14(11(15)6-9)19-10-3-4-12(16)13(17)7-10/h2-8H,18H2,1H3/t8-/m1/s1. The summed E-state index contributed by atoms with van der Waals surface area (Å²) in [5, 5.41) is 0.546. The maximum absolute atomic E-state index is 13.1. The van der Waals surface area contributed by atoms with Crippen molar-refractivity contribution < 1.29 is 8.78 Å². The molecule has 5 heteroatoms. The van der Waals surface area contributed by atoms with Gasteiger partial charge in [0.25, 0.3) is 0 Å². The van der Waals surface area contributed by atoms with E-state index in [0.717, 1.165) is 22.6 Å². The molecule has 0 amide bonds. The summed E-state index contributed by atoms with van der Waals surface area (Å²) in [5.74, 6) is -1.73. The first-order valence-corrected chi connectivity index (χ1v) is 6.85. The number of nitrogens with two attached hydrogens (primary N) is 1. The third-order valence-corrected chi connectivity index (χ3v) is 4.09. The molecular formula is C14H12ClF2NS. The monoisotopic (exact) mass is 299 g/mol. The number of hydrogen-bond donors (Lipinski definition) is 1. The van der Waals surface area contributed by atoms with Gasteiger partial charge in [-0.15, -0.1) is 0 Å². The Morgan fingerprint density at radius 1 is 1.11 bits per heavy atom. The molecule has 0 bridgehead atoms. The average molecular weight is 300 g/mol. The van der Waals surface area contributed by atoms with Crippen LogP contribution in [0.3, 0.4) is 0 Å². The van der Waals surface area contributed by atoms with Crippen LogP contribution in [0.25, 0.3) is 0 Å². The summed E-state index contributed by atoms with van der Waals surface area (Å²) in [7, 11) is 0. The zero-order valence-corrected chi connectivity index (χ0v) is 11.7. The lowest BCUT2D eigenvalue weighted by molar-refractivity contribution is 0.506. The Kier molecular flexibility index (Phi) is 4.45. The summed E-state index contributed by atoms with van der Waals surface area (Å²) in [6.45, 7) is 1.87. The van der Waals surface area contributed by atoms with Gasteiger partial charge in [0, 0.05) is 15.8 Å². The molecule has 0 aliphatic carbocycles. The smallest absolute Gasteiger partial charge is 0.159 e. The molecule has 0 saturated carbocycles. The van der Waals surface area contributed by atoms with Crippen molar-refractivity contribution in [3.8, 4) is 0 Å². The molecule has 0 radical (unpaired) electrons. The predicted molar refractivity (Wildman–Crippen MR) is 74.5 cm³/mol. The van der Waals surface area contributed by atoms with Crippen LogP contribution >= 0.6 is 23.4 Å². The zero-order valence-electron chi connectivity index (χ0n) is 10.2. The van der Waals surface area contributed by atoms with E-state index < -0.39 is 11.6 Å². The minimum absolute atomic E-state index is 0.0974. The van der Waals surface area contributed by atoms with Gasteiger partial charge in [0.2, 0.25) is 0 Å². The topological polar surface area (TPSA) is 26.0 Å². The number of hydrogen-bond acceptors (Lipinski definition) is 2. The Morgan fingerprint density at radius 3 is 2.42 bits per heavy atom. The Morgan fingerprint density at radius 2 is 1.84 bits per heavy atom. The highest BCUT2D eigenvalue weighted by molar-refractivity contribution is 7.99. The zero-order chi connectivity index (χ0) is 14.0. The van der Waals surface area contributed by atoms with Crippen molar-refractivity contribution in [3.05, 3.63) is 58.6 Å². The van der Waals surface area contributed by atoms with E-state index in [1.165, 1.54) is 17.8 Å². The molecule has 0 aliphatic rings. The predicted octanol–water partition coefficient (Wildman–Crippen LogP) is 4.79. The van der Waals surface area contributed by atoms with E-state index in [2.05, 4.69) is 0 Å². The van der Waals surface area contributed by atoms with Gasteiger partial charge < -0.3 is 5.73 Å². The van der Waals surface area contributed by atoms with E-state index in [0.29, 0.717) is 9.92 Å². The molecule has 0 fully saturated rings. The third kappa shape index (κ3) is 3.47. The van der Waals surface area contributed by atoms with Crippen molar-refractivity contribution in [2.75, 3.05) is 0 Å². The van der Waals surface area contributed by atoms with E-state index in [1.54, 1.807) is 6.07 Å². The third-order valence-electron chi connectivity index (χ3n) is 2.60. The van der Waals surface area contributed by atoms with Crippen LogP contribution in [0.1, 0.15) is 18.5 Å². The van der Waals surface area contributed by atoms with Gasteiger partial charge in [-0.25, -0.2) is 8.78 Å². The second-order valence-corrected chi connectivity index (χ2v) is 5.68. The van der Waals surface area contributed by atoms with Crippen LogP contribution in [0.2, 0.25) is 5.02 Å². The second kappa shape index (κ2) is 5.90. The van der Waals surface area contributed by atoms with Crippen LogP contribution in [0, 0.1) is 11.6 Å². The molecule has 1 atom stereocenters. The molecular weight excluding hydrogens is 288 g/mol. The van der Waals surface area contributed by atoms with Crippen LogP contribution in [0.15, 0.2) is 46.2 Å². The lowest BCUT2D eigenvalue weighted by Gasteiger charge is -2.09. The molecule has 0 aliphatic heterocycles. The van der Waals surface area contributed by atoms with Crippen molar-refractivity contribution in [1.29, 1.82) is 0 Å². The summed E-state index contributed by atoms with van der Waals surface area (Å²) in [6, 6.07) is 9.15. The molecule has 1 nitrogen and oxygen atoms in total. The summed E-state index contributed by atoms with van der Waals surface area (Å²) < 4.78 is 25.9. The van der Waals surface area contributed by atoms with Crippen LogP contribution in [0.5, 0.6) is 0 Å². The Labute approximate surface area is 119 Å². The number of benzene rings is 2. The summed E-state index contributed by atoms with van der Waals surface area (Å²) in [4.78, 5) is 1.37. The van der Waals surface area contributed by atoms with Crippen LogP contribution < -0.4 is 5.73 Å². The van der Waals surface area contributed by atoms with Crippen LogP contribution in [-0.2, 0) is 0 Å². The van der Waals surface area contributed by atoms with Crippen molar-refractivity contribution in [2.24, 2.45) is 5.73 Å². The quantitative estimate of drug-likeness (QED) is 0.882. The number of rotatable bonds is 3.